The monoisotopic (exact) mass is 374 g/mol. The predicted molar refractivity (Wildman–Crippen MR) is 108 cm³/mol. The van der Waals surface area contributed by atoms with Gasteiger partial charge in [0.2, 0.25) is 0 Å². The van der Waals surface area contributed by atoms with E-state index in [1.807, 2.05) is 25.7 Å². The van der Waals surface area contributed by atoms with Crippen molar-refractivity contribution in [2.75, 3.05) is 25.0 Å². The number of anilines is 1. The third kappa shape index (κ3) is 5.08. The topological polar surface area (TPSA) is 50.8 Å². The zero-order chi connectivity index (χ0) is 19.4. The van der Waals surface area contributed by atoms with Crippen LogP contribution in [-0.4, -0.2) is 42.3 Å². The van der Waals surface area contributed by atoms with Crippen molar-refractivity contribution in [2.45, 2.75) is 71.4 Å². The van der Waals surface area contributed by atoms with Crippen LogP contribution in [0, 0.1) is 5.92 Å². The van der Waals surface area contributed by atoms with Gasteiger partial charge in [-0.15, -0.1) is 0 Å². The second-order valence-corrected chi connectivity index (χ2v) is 8.77. The molecular formula is C22H34N2O3. The lowest BCUT2D eigenvalue weighted by atomic mass is 9.89. The summed E-state index contributed by atoms with van der Waals surface area (Å²) in [5.41, 5.74) is 2.02. The number of nitrogens with one attached hydrogen (secondary N) is 1. The molecule has 2 unspecified atom stereocenters. The first kappa shape index (κ1) is 19.8. The van der Waals surface area contributed by atoms with Crippen LogP contribution >= 0.6 is 0 Å². The van der Waals surface area contributed by atoms with Crippen molar-refractivity contribution in [3.63, 3.8) is 0 Å². The fourth-order valence-electron chi connectivity index (χ4n) is 3.96. The van der Waals surface area contributed by atoms with Crippen molar-refractivity contribution >= 4 is 11.8 Å². The van der Waals surface area contributed by atoms with Crippen molar-refractivity contribution in [3.05, 3.63) is 23.8 Å². The quantitative estimate of drug-likeness (QED) is 0.749. The second kappa shape index (κ2) is 8.41. The van der Waals surface area contributed by atoms with E-state index >= 15 is 0 Å². The number of fused-ring (bicyclic) bond motifs is 1. The first-order valence-electron chi connectivity index (χ1n) is 10.4. The molecule has 5 nitrogen and oxygen atoms in total. The van der Waals surface area contributed by atoms with E-state index in [9.17, 15) is 4.79 Å². The van der Waals surface area contributed by atoms with Crippen LogP contribution in [0.5, 0.6) is 5.75 Å². The highest BCUT2D eigenvalue weighted by atomic mass is 16.6. The molecule has 150 valence electrons. The van der Waals surface area contributed by atoms with Crippen LogP contribution < -0.4 is 10.1 Å². The smallest absolute Gasteiger partial charge is 0.410 e. The van der Waals surface area contributed by atoms with Gasteiger partial charge in [0.05, 0.1) is 6.61 Å². The number of unbranched alkanes of at least 4 members (excludes halogenated alkanes) is 1. The molecule has 2 heterocycles. The van der Waals surface area contributed by atoms with E-state index in [0.717, 1.165) is 57.6 Å². The van der Waals surface area contributed by atoms with Gasteiger partial charge in [-0.05, 0) is 64.5 Å². The Labute approximate surface area is 163 Å². The Hall–Kier alpha value is -1.91. The number of hydrogen-bond acceptors (Lipinski definition) is 4. The van der Waals surface area contributed by atoms with E-state index in [1.165, 1.54) is 11.3 Å². The molecule has 1 N–H and O–H groups in total. The maximum absolute atomic E-state index is 12.5. The normalized spacial score (nSPS) is 22.1. The molecule has 0 aromatic heterocycles. The van der Waals surface area contributed by atoms with Gasteiger partial charge < -0.3 is 19.7 Å². The number of likely N-dealkylation sites (tertiary alicyclic amines) is 1. The summed E-state index contributed by atoms with van der Waals surface area (Å²) < 4.78 is 11.6. The molecule has 1 amide bonds. The molecule has 2 aliphatic heterocycles. The standard InChI is InChI=1S/C22H34N2O3/c1-5-6-13-26-20-11-7-10-18-17(20)14-19(23-18)16-9-8-12-24(15-16)21(25)27-22(2,3)4/h7,10-11,16,19,23H,5-6,8-9,12-15H2,1-4H3. The van der Waals surface area contributed by atoms with E-state index in [1.54, 1.807) is 0 Å². The second-order valence-electron chi connectivity index (χ2n) is 8.77. The van der Waals surface area contributed by atoms with E-state index < -0.39 is 5.60 Å². The molecular weight excluding hydrogens is 340 g/mol. The molecule has 2 aliphatic rings. The molecule has 0 aliphatic carbocycles. The Morgan fingerprint density at radius 2 is 2.15 bits per heavy atom. The lowest BCUT2D eigenvalue weighted by Crippen LogP contribution is -2.46. The number of rotatable bonds is 5. The molecule has 1 aromatic carbocycles. The molecule has 0 radical (unpaired) electrons. The van der Waals surface area contributed by atoms with Crippen LogP contribution in [0.25, 0.3) is 0 Å². The molecule has 1 fully saturated rings. The summed E-state index contributed by atoms with van der Waals surface area (Å²) in [7, 11) is 0. The van der Waals surface area contributed by atoms with Crippen molar-refractivity contribution in [2.24, 2.45) is 5.92 Å². The number of benzene rings is 1. The van der Waals surface area contributed by atoms with Gasteiger partial charge in [-0.25, -0.2) is 4.79 Å². The highest BCUT2D eigenvalue weighted by Crippen LogP contribution is 2.37. The highest BCUT2D eigenvalue weighted by molar-refractivity contribution is 5.68. The Balaban J connectivity index is 1.62. The summed E-state index contributed by atoms with van der Waals surface area (Å²) in [5.74, 6) is 1.44. The van der Waals surface area contributed by atoms with Crippen LogP contribution in [0.4, 0.5) is 10.5 Å². The average molecular weight is 375 g/mol. The molecule has 3 rings (SSSR count). The van der Waals surface area contributed by atoms with E-state index in [0.29, 0.717) is 12.0 Å². The molecule has 5 heteroatoms. The Bertz CT molecular complexity index is 653. The van der Waals surface area contributed by atoms with Gasteiger partial charge in [0.1, 0.15) is 11.4 Å². The Morgan fingerprint density at radius 1 is 1.33 bits per heavy atom. The average Bonchev–Trinajstić information content (AvgIpc) is 3.06. The molecule has 27 heavy (non-hydrogen) atoms. The Morgan fingerprint density at radius 3 is 2.89 bits per heavy atom. The Kier molecular flexibility index (Phi) is 6.18. The molecule has 0 bridgehead atoms. The summed E-state index contributed by atoms with van der Waals surface area (Å²) in [6.45, 7) is 10.2. The lowest BCUT2D eigenvalue weighted by Gasteiger charge is -2.36. The van der Waals surface area contributed by atoms with Crippen molar-refractivity contribution in [1.82, 2.24) is 4.90 Å². The third-order valence-electron chi connectivity index (χ3n) is 5.33. The van der Waals surface area contributed by atoms with Crippen molar-refractivity contribution in [3.8, 4) is 5.75 Å². The summed E-state index contributed by atoms with van der Waals surface area (Å²) >= 11 is 0. The molecule has 0 spiro atoms. The number of amides is 1. The maximum atomic E-state index is 12.5. The maximum Gasteiger partial charge on any atom is 0.410 e. The summed E-state index contributed by atoms with van der Waals surface area (Å²) in [4.78, 5) is 14.3. The van der Waals surface area contributed by atoms with Gasteiger partial charge in [0.25, 0.3) is 0 Å². The number of carbonyl (C=O) groups is 1. The summed E-state index contributed by atoms with van der Waals surface area (Å²) in [5, 5.41) is 3.68. The zero-order valence-corrected chi connectivity index (χ0v) is 17.2. The number of ether oxygens (including phenoxy) is 2. The van der Waals surface area contributed by atoms with Gasteiger partial charge in [-0.2, -0.15) is 0 Å². The van der Waals surface area contributed by atoms with Gasteiger partial charge in [0.15, 0.2) is 0 Å². The highest BCUT2D eigenvalue weighted by Gasteiger charge is 2.35. The van der Waals surface area contributed by atoms with Gasteiger partial charge >= 0.3 is 6.09 Å². The third-order valence-corrected chi connectivity index (χ3v) is 5.33. The first-order valence-corrected chi connectivity index (χ1v) is 10.4. The molecule has 0 saturated carbocycles. The number of carbonyl (C=O) groups excluding carboxylic acids is 1. The van der Waals surface area contributed by atoms with Gasteiger partial charge in [-0.1, -0.05) is 19.4 Å². The van der Waals surface area contributed by atoms with Gasteiger partial charge in [-0.3, -0.25) is 0 Å². The molecule has 2 atom stereocenters. The van der Waals surface area contributed by atoms with E-state index in [4.69, 9.17) is 9.47 Å². The minimum atomic E-state index is -0.448. The van der Waals surface area contributed by atoms with E-state index in [-0.39, 0.29) is 6.09 Å². The van der Waals surface area contributed by atoms with Crippen LogP contribution in [0.2, 0.25) is 0 Å². The minimum Gasteiger partial charge on any atom is -0.493 e. The molecule has 1 saturated heterocycles. The van der Waals surface area contributed by atoms with Crippen LogP contribution in [0.15, 0.2) is 18.2 Å². The lowest BCUT2D eigenvalue weighted by molar-refractivity contribution is 0.0157. The largest absolute Gasteiger partial charge is 0.493 e. The number of piperidine rings is 1. The van der Waals surface area contributed by atoms with Crippen LogP contribution in [-0.2, 0) is 11.2 Å². The van der Waals surface area contributed by atoms with Crippen molar-refractivity contribution < 1.29 is 14.3 Å². The summed E-state index contributed by atoms with van der Waals surface area (Å²) in [6, 6.07) is 6.62. The fourth-order valence-corrected chi connectivity index (χ4v) is 3.96. The van der Waals surface area contributed by atoms with Gasteiger partial charge in [0, 0.05) is 30.4 Å². The zero-order valence-electron chi connectivity index (χ0n) is 17.2. The SMILES string of the molecule is CCCCOc1cccc2c1CC(C1CCCN(C(=O)OC(C)(C)C)C1)N2. The van der Waals surface area contributed by atoms with Crippen molar-refractivity contribution in [1.29, 1.82) is 0 Å². The molecule has 1 aromatic rings. The fraction of sp³-hybridized carbons (Fsp3) is 0.682. The predicted octanol–water partition coefficient (Wildman–Crippen LogP) is 4.85. The minimum absolute atomic E-state index is 0.189. The number of nitrogens with zero attached hydrogens (tertiary/aromatic N) is 1. The van der Waals surface area contributed by atoms with Crippen LogP contribution in [0.3, 0.4) is 0 Å². The van der Waals surface area contributed by atoms with E-state index in [2.05, 4.69) is 30.4 Å². The van der Waals surface area contributed by atoms with Crippen LogP contribution in [0.1, 0.15) is 58.9 Å². The summed E-state index contributed by atoms with van der Waals surface area (Å²) in [6.07, 6.45) is 5.15. The number of hydrogen-bond donors (Lipinski definition) is 1. The first-order chi connectivity index (χ1) is 12.9.